The number of fused-ring (bicyclic) bond motifs is 1. The summed E-state index contributed by atoms with van der Waals surface area (Å²) in [5.41, 5.74) is 12.2. The van der Waals surface area contributed by atoms with Crippen LogP contribution in [-0.4, -0.2) is 82.8 Å². The van der Waals surface area contributed by atoms with E-state index in [4.69, 9.17) is 11.5 Å². The number of carboxylic acids is 1. The van der Waals surface area contributed by atoms with Gasteiger partial charge in [-0.05, 0) is 43.9 Å². The maximum absolute atomic E-state index is 13.4. The number of aromatic nitrogens is 1. The molecule has 39 heavy (non-hydrogen) atoms. The first-order chi connectivity index (χ1) is 18.7. The fourth-order valence-electron chi connectivity index (χ4n) is 4.41. The predicted molar refractivity (Wildman–Crippen MR) is 150 cm³/mol. The van der Waals surface area contributed by atoms with Crippen molar-refractivity contribution in [2.24, 2.45) is 16.5 Å². The first-order valence-electron chi connectivity index (χ1n) is 12.8. The molecule has 14 heteroatoms. The lowest BCUT2D eigenvalue weighted by molar-refractivity contribution is -0.142. The molecule has 0 bridgehead atoms. The van der Waals surface area contributed by atoms with Crippen molar-refractivity contribution in [3.8, 4) is 0 Å². The molecule has 4 unspecified atom stereocenters. The van der Waals surface area contributed by atoms with E-state index in [9.17, 15) is 24.3 Å². The van der Waals surface area contributed by atoms with E-state index in [2.05, 4.69) is 43.9 Å². The third kappa shape index (κ3) is 8.61. The highest BCUT2D eigenvalue weighted by Gasteiger charge is 2.31. The van der Waals surface area contributed by atoms with E-state index in [0.29, 0.717) is 12.8 Å². The number of aliphatic carboxylic acids is 1. The SMILES string of the molecule is NC(N)=NCCCC(NC(=O)C(Cc1c[nH]c2ccccc12)NC(=O)C(CS)NC(=O)C1CCCN1)C(=O)O. The molecule has 1 fully saturated rings. The molecule has 0 saturated carbocycles. The molecule has 0 radical (unpaired) electrons. The van der Waals surface area contributed by atoms with Crippen LogP contribution in [0.3, 0.4) is 0 Å². The summed E-state index contributed by atoms with van der Waals surface area (Å²) in [6.45, 7) is 0.927. The molecule has 212 valence electrons. The standard InChI is InChI=1S/C25H36N8O5S/c26-25(27)29-10-4-8-18(24(37)38)31-22(35)19(11-14-12-30-16-6-2-1-5-15(14)16)32-23(36)20(13-39)33-21(34)17-7-3-9-28-17/h1-2,5-6,12,17-20,28,30,39H,3-4,7-11,13H2,(H,31,35)(H,32,36)(H,33,34)(H,37,38)(H4,26,27,29). The molecule has 1 aliphatic heterocycles. The van der Waals surface area contributed by atoms with Gasteiger partial charge in [-0.3, -0.25) is 19.4 Å². The van der Waals surface area contributed by atoms with Crippen molar-refractivity contribution in [2.45, 2.75) is 56.3 Å². The van der Waals surface area contributed by atoms with Gasteiger partial charge < -0.3 is 42.8 Å². The van der Waals surface area contributed by atoms with Crippen LogP contribution < -0.4 is 32.7 Å². The number of guanidine groups is 1. The number of aromatic amines is 1. The number of aliphatic imine (C=N–C) groups is 1. The molecule has 0 aliphatic carbocycles. The summed E-state index contributed by atoms with van der Waals surface area (Å²) >= 11 is 4.22. The van der Waals surface area contributed by atoms with Gasteiger partial charge in [0.05, 0.1) is 6.04 Å². The minimum atomic E-state index is -1.23. The summed E-state index contributed by atoms with van der Waals surface area (Å²) in [7, 11) is 0. The van der Waals surface area contributed by atoms with Gasteiger partial charge >= 0.3 is 5.97 Å². The Balaban J connectivity index is 1.75. The van der Waals surface area contributed by atoms with Crippen molar-refractivity contribution < 1.29 is 24.3 Å². The maximum Gasteiger partial charge on any atom is 0.326 e. The summed E-state index contributed by atoms with van der Waals surface area (Å²) in [4.78, 5) is 57.9. The Bertz CT molecular complexity index is 1190. The molecule has 1 saturated heterocycles. The second-order valence-electron chi connectivity index (χ2n) is 9.37. The number of rotatable bonds is 14. The summed E-state index contributed by atoms with van der Waals surface area (Å²) in [5, 5.41) is 21.5. The zero-order valence-electron chi connectivity index (χ0n) is 21.5. The monoisotopic (exact) mass is 560 g/mol. The lowest BCUT2D eigenvalue weighted by atomic mass is 10.0. The van der Waals surface area contributed by atoms with Crippen LogP contribution in [0.4, 0.5) is 0 Å². The Morgan fingerprint density at radius 3 is 2.46 bits per heavy atom. The van der Waals surface area contributed by atoms with E-state index in [1.165, 1.54) is 0 Å². The van der Waals surface area contributed by atoms with E-state index < -0.39 is 35.9 Å². The number of benzene rings is 1. The van der Waals surface area contributed by atoms with E-state index in [0.717, 1.165) is 29.4 Å². The van der Waals surface area contributed by atoms with Gasteiger partial charge in [-0.2, -0.15) is 12.6 Å². The van der Waals surface area contributed by atoms with Crippen LogP contribution in [0.25, 0.3) is 10.9 Å². The Morgan fingerprint density at radius 2 is 1.79 bits per heavy atom. The molecular formula is C25H36N8O5S. The van der Waals surface area contributed by atoms with E-state index in [1.807, 2.05) is 24.3 Å². The number of para-hydroxylation sites is 1. The van der Waals surface area contributed by atoms with Crippen molar-refractivity contribution in [1.29, 1.82) is 0 Å². The number of hydrogen-bond acceptors (Lipinski definition) is 7. The van der Waals surface area contributed by atoms with E-state index in [1.54, 1.807) is 6.20 Å². The number of nitrogens with zero attached hydrogens (tertiary/aromatic N) is 1. The molecule has 2 aromatic rings. The molecule has 4 atom stereocenters. The fraction of sp³-hybridized carbons (Fsp3) is 0.480. The van der Waals surface area contributed by atoms with Crippen LogP contribution >= 0.6 is 12.6 Å². The van der Waals surface area contributed by atoms with Gasteiger partial charge in [0.1, 0.15) is 18.1 Å². The lowest BCUT2D eigenvalue weighted by Crippen LogP contribution is -2.58. The van der Waals surface area contributed by atoms with Gasteiger partial charge in [-0.1, -0.05) is 18.2 Å². The average Bonchev–Trinajstić information content (AvgIpc) is 3.59. The largest absolute Gasteiger partial charge is 0.480 e. The number of carboxylic acid groups (broad SMARTS) is 1. The van der Waals surface area contributed by atoms with Crippen molar-refractivity contribution in [1.82, 2.24) is 26.3 Å². The second-order valence-corrected chi connectivity index (χ2v) is 9.73. The second kappa shape index (κ2) is 14.4. The Labute approximate surface area is 231 Å². The molecule has 1 aromatic heterocycles. The van der Waals surface area contributed by atoms with Crippen molar-refractivity contribution in [3.05, 3.63) is 36.0 Å². The van der Waals surface area contributed by atoms with Crippen LogP contribution in [0.1, 0.15) is 31.2 Å². The third-order valence-corrected chi connectivity index (χ3v) is 6.85. The smallest absolute Gasteiger partial charge is 0.326 e. The first kappa shape index (κ1) is 29.8. The average molecular weight is 561 g/mol. The van der Waals surface area contributed by atoms with Crippen molar-refractivity contribution in [2.75, 3.05) is 18.8 Å². The van der Waals surface area contributed by atoms with Crippen molar-refractivity contribution in [3.63, 3.8) is 0 Å². The van der Waals surface area contributed by atoms with E-state index in [-0.39, 0.29) is 43.0 Å². The lowest BCUT2D eigenvalue weighted by Gasteiger charge is -2.24. The highest BCUT2D eigenvalue weighted by molar-refractivity contribution is 7.80. The van der Waals surface area contributed by atoms with Gasteiger partial charge in [0.25, 0.3) is 0 Å². The molecule has 1 aromatic carbocycles. The summed E-state index contributed by atoms with van der Waals surface area (Å²) in [6, 6.07) is 3.77. The number of nitrogens with one attached hydrogen (secondary N) is 5. The number of carbonyl (C=O) groups excluding carboxylic acids is 3. The minimum Gasteiger partial charge on any atom is -0.480 e. The highest BCUT2D eigenvalue weighted by atomic mass is 32.1. The van der Waals surface area contributed by atoms with Gasteiger partial charge in [0.15, 0.2) is 5.96 Å². The molecule has 2 heterocycles. The molecule has 3 rings (SSSR count). The zero-order valence-corrected chi connectivity index (χ0v) is 22.4. The highest BCUT2D eigenvalue weighted by Crippen LogP contribution is 2.19. The maximum atomic E-state index is 13.4. The summed E-state index contributed by atoms with van der Waals surface area (Å²) in [6.07, 6.45) is 3.74. The van der Waals surface area contributed by atoms with Gasteiger partial charge in [0, 0.05) is 35.8 Å². The minimum absolute atomic E-state index is 0.00819. The Hall–Kier alpha value is -3.78. The molecular weight excluding hydrogens is 524 g/mol. The summed E-state index contributed by atoms with van der Waals surface area (Å²) < 4.78 is 0. The van der Waals surface area contributed by atoms with Crippen LogP contribution in [0.5, 0.6) is 0 Å². The predicted octanol–water partition coefficient (Wildman–Crippen LogP) is -1.02. The number of nitrogens with two attached hydrogens (primary N) is 2. The van der Waals surface area contributed by atoms with Crippen LogP contribution in [0.2, 0.25) is 0 Å². The molecule has 13 nitrogen and oxygen atoms in total. The Kier molecular flexibility index (Phi) is 11.0. The number of thiol groups is 1. The number of hydrogen-bond donors (Lipinski definition) is 9. The Morgan fingerprint density at radius 1 is 1.08 bits per heavy atom. The van der Waals surface area contributed by atoms with Crippen LogP contribution in [0, 0.1) is 0 Å². The molecule has 0 spiro atoms. The fourth-order valence-corrected chi connectivity index (χ4v) is 4.67. The summed E-state index contributed by atoms with van der Waals surface area (Å²) in [5.74, 6) is -2.92. The third-order valence-electron chi connectivity index (χ3n) is 6.48. The molecule has 3 amide bonds. The van der Waals surface area contributed by atoms with Crippen molar-refractivity contribution >= 4 is 53.2 Å². The van der Waals surface area contributed by atoms with Crippen LogP contribution in [0.15, 0.2) is 35.5 Å². The normalized spacial score (nSPS) is 17.1. The number of amides is 3. The number of carbonyl (C=O) groups is 4. The molecule has 1 aliphatic rings. The van der Waals surface area contributed by atoms with Gasteiger partial charge in [-0.25, -0.2) is 4.79 Å². The number of H-pyrrole nitrogens is 1. The van der Waals surface area contributed by atoms with E-state index >= 15 is 0 Å². The topological polar surface area (TPSA) is 217 Å². The molecule has 10 N–H and O–H groups in total. The first-order valence-corrected chi connectivity index (χ1v) is 13.4. The van der Waals surface area contributed by atoms with Crippen LogP contribution in [-0.2, 0) is 25.6 Å². The quantitative estimate of drug-likeness (QED) is 0.0602. The van der Waals surface area contributed by atoms with Gasteiger partial charge in [0.2, 0.25) is 17.7 Å². The zero-order chi connectivity index (χ0) is 28.4. The van der Waals surface area contributed by atoms with Gasteiger partial charge in [-0.15, -0.1) is 0 Å².